The van der Waals surface area contributed by atoms with Crippen molar-refractivity contribution < 1.29 is 9.90 Å². The molecule has 7 heteroatoms. The van der Waals surface area contributed by atoms with Crippen molar-refractivity contribution in [2.45, 2.75) is 19.8 Å². The van der Waals surface area contributed by atoms with Crippen LogP contribution in [0.3, 0.4) is 0 Å². The quantitative estimate of drug-likeness (QED) is 0.747. The van der Waals surface area contributed by atoms with E-state index in [1.807, 2.05) is 38.2 Å². The predicted octanol–water partition coefficient (Wildman–Crippen LogP) is 2.26. The fourth-order valence-corrected chi connectivity index (χ4v) is 2.61. The van der Waals surface area contributed by atoms with E-state index in [0.717, 1.165) is 16.5 Å². The summed E-state index contributed by atoms with van der Waals surface area (Å²) in [4.78, 5) is 20.4. The van der Waals surface area contributed by atoms with Crippen molar-refractivity contribution in [3.05, 3.63) is 47.4 Å². The molecule has 0 aliphatic rings. The fraction of sp³-hybridized carbons (Fsp3) is 0.294. The van der Waals surface area contributed by atoms with Gasteiger partial charge in [-0.1, -0.05) is 29.8 Å². The first-order chi connectivity index (χ1) is 11.5. The molecule has 0 fully saturated rings. The van der Waals surface area contributed by atoms with Gasteiger partial charge in [0.2, 0.25) is 0 Å². The Morgan fingerprint density at radius 3 is 2.62 bits per heavy atom. The molecule has 0 saturated heterocycles. The zero-order valence-corrected chi connectivity index (χ0v) is 13.8. The van der Waals surface area contributed by atoms with Gasteiger partial charge in [0.1, 0.15) is 11.6 Å². The zero-order valence-electron chi connectivity index (χ0n) is 13.8. The molecule has 7 nitrogen and oxygen atoms in total. The number of rotatable bonds is 5. The number of nitrogens with zero attached hydrogens (tertiary/aromatic N) is 4. The van der Waals surface area contributed by atoms with Crippen LogP contribution in [0.1, 0.15) is 22.9 Å². The normalized spacial score (nSPS) is 12.3. The topological polar surface area (TPSA) is 92.9 Å². The molecule has 0 amide bonds. The van der Waals surface area contributed by atoms with E-state index in [2.05, 4.69) is 20.4 Å². The maximum atomic E-state index is 11.7. The number of carboxylic acids is 1. The molecular weight excluding hydrogens is 306 g/mol. The molecule has 2 N–H and O–H groups in total. The van der Waals surface area contributed by atoms with E-state index in [1.165, 1.54) is 0 Å². The number of carboxylic acid groups (broad SMARTS) is 1. The number of aryl methyl sites for hydroxylation is 3. The van der Waals surface area contributed by atoms with Crippen LogP contribution in [0.15, 0.2) is 30.5 Å². The summed E-state index contributed by atoms with van der Waals surface area (Å²) in [6.07, 6.45) is 1.68. The molecule has 0 radical (unpaired) electrons. The molecule has 1 aromatic carbocycles. The van der Waals surface area contributed by atoms with Crippen LogP contribution >= 0.6 is 0 Å². The van der Waals surface area contributed by atoms with E-state index in [4.69, 9.17) is 0 Å². The Kier molecular flexibility index (Phi) is 4.16. The van der Waals surface area contributed by atoms with Gasteiger partial charge in [-0.2, -0.15) is 5.10 Å². The Morgan fingerprint density at radius 1 is 1.25 bits per heavy atom. The molecule has 124 valence electrons. The number of anilines is 1. The maximum Gasteiger partial charge on any atom is 0.312 e. The standard InChI is InChI=1S/C17H19N5O2/c1-10-4-6-12(7-5-10)13(17(23)24)8-18-15-14-9-19-22(3)16(14)21-11(2)20-15/h4-7,9,13H,8H2,1-3H3,(H,23,24)(H,18,20,21). The van der Waals surface area contributed by atoms with Crippen LogP contribution in [-0.4, -0.2) is 37.4 Å². The van der Waals surface area contributed by atoms with Gasteiger partial charge in [0.25, 0.3) is 0 Å². The summed E-state index contributed by atoms with van der Waals surface area (Å²) < 4.78 is 1.67. The van der Waals surface area contributed by atoms with Crippen LogP contribution in [0.2, 0.25) is 0 Å². The van der Waals surface area contributed by atoms with E-state index in [-0.39, 0.29) is 6.54 Å². The molecule has 0 aliphatic carbocycles. The van der Waals surface area contributed by atoms with Crippen molar-refractivity contribution in [1.29, 1.82) is 0 Å². The summed E-state index contributed by atoms with van der Waals surface area (Å²) in [5.74, 6) is -0.327. The lowest BCUT2D eigenvalue weighted by Gasteiger charge is -2.15. The lowest BCUT2D eigenvalue weighted by Crippen LogP contribution is -2.21. The highest BCUT2D eigenvalue weighted by Crippen LogP contribution is 2.22. The Morgan fingerprint density at radius 2 is 1.96 bits per heavy atom. The van der Waals surface area contributed by atoms with Crippen LogP contribution in [-0.2, 0) is 11.8 Å². The number of carbonyl (C=O) groups is 1. The second-order valence-electron chi connectivity index (χ2n) is 5.81. The molecule has 0 aliphatic heterocycles. The van der Waals surface area contributed by atoms with E-state index in [9.17, 15) is 9.90 Å². The van der Waals surface area contributed by atoms with Crippen LogP contribution in [0.25, 0.3) is 11.0 Å². The molecule has 2 heterocycles. The van der Waals surface area contributed by atoms with Crippen molar-refractivity contribution in [3.8, 4) is 0 Å². The third-order valence-corrected chi connectivity index (χ3v) is 3.96. The first-order valence-electron chi connectivity index (χ1n) is 7.65. The summed E-state index contributed by atoms with van der Waals surface area (Å²) in [6.45, 7) is 4.01. The molecular formula is C17H19N5O2. The Bertz CT molecular complexity index is 886. The van der Waals surface area contributed by atoms with Crippen LogP contribution in [0.4, 0.5) is 5.82 Å². The number of hydrogen-bond acceptors (Lipinski definition) is 5. The number of nitrogens with one attached hydrogen (secondary N) is 1. The van der Waals surface area contributed by atoms with Gasteiger partial charge in [0.05, 0.1) is 17.5 Å². The van der Waals surface area contributed by atoms with Gasteiger partial charge < -0.3 is 10.4 Å². The van der Waals surface area contributed by atoms with Crippen molar-refractivity contribution >= 4 is 22.8 Å². The van der Waals surface area contributed by atoms with Gasteiger partial charge >= 0.3 is 5.97 Å². The summed E-state index contributed by atoms with van der Waals surface area (Å²) in [5, 5.41) is 17.7. The smallest absolute Gasteiger partial charge is 0.312 e. The molecule has 2 aromatic heterocycles. The number of aromatic nitrogens is 4. The van der Waals surface area contributed by atoms with Crippen LogP contribution < -0.4 is 5.32 Å². The van der Waals surface area contributed by atoms with Gasteiger partial charge in [-0.05, 0) is 19.4 Å². The summed E-state index contributed by atoms with van der Waals surface area (Å²) in [7, 11) is 1.81. The highest BCUT2D eigenvalue weighted by Gasteiger charge is 2.20. The molecule has 0 bridgehead atoms. The summed E-state index contributed by atoms with van der Waals surface area (Å²) in [6, 6.07) is 7.53. The minimum Gasteiger partial charge on any atom is -0.481 e. The van der Waals surface area contributed by atoms with E-state index >= 15 is 0 Å². The van der Waals surface area contributed by atoms with Crippen LogP contribution in [0, 0.1) is 13.8 Å². The molecule has 1 unspecified atom stereocenters. The van der Waals surface area contributed by atoms with Gasteiger partial charge in [-0.15, -0.1) is 0 Å². The van der Waals surface area contributed by atoms with E-state index in [1.54, 1.807) is 17.8 Å². The van der Waals surface area contributed by atoms with Crippen molar-refractivity contribution in [3.63, 3.8) is 0 Å². The second kappa shape index (κ2) is 6.27. The molecule has 24 heavy (non-hydrogen) atoms. The van der Waals surface area contributed by atoms with E-state index in [0.29, 0.717) is 17.3 Å². The molecule has 0 spiro atoms. The highest BCUT2D eigenvalue weighted by molar-refractivity contribution is 5.86. The monoisotopic (exact) mass is 325 g/mol. The van der Waals surface area contributed by atoms with E-state index < -0.39 is 11.9 Å². The summed E-state index contributed by atoms with van der Waals surface area (Å²) >= 11 is 0. The minimum atomic E-state index is -0.875. The minimum absolute atomic E-state index is 0.235. The number of fused-ring (bicyclic) bond motifs is 1. The third-order valence-electron chi connectivity index (χ3n) is 3.96. The van der Waals surface area contributed by atoms with Gasteiger partial charge in [0.15, 0.2) is 5.65 Å². The summed E-state index contributed by atoms with van der Waals surface area (Å²) in [5.41, 5.74) is 2.57. The van der Waals surface area contributed by atoms with Crippen molar-refractivity contribution in [2.24, 2.45) is 7.05 Å². The lowest BCUT2D eigenvalue weighted by atomic mass is 9.98. The third kappa shape index (κ3) is 3.05. The Hall–Kier alpha value is -2.96. The predicted molar refractivity (Wildman–Crippen MR) is 91.1 cm³/mol. The number of aliphatic carboxylic acids is 1. The molecule has 3 aromatic rings. The number of benzene rings is 1. The van der Waals surface area contributed by atoms with Crippen LogP contribution in [0.5, 0.6) is 0 Å². The average Bonchev–Trinajstić information content (AvgIpc) is 2.90. The van der Waals surface area contributed by atoms with Gasteiger partial charge in [-0.3, -0.25) is 9.48 Å². The van der Waals surface area contributed by atoms with Crippen molar-refractivity contribution in [2.75, 3.05) is 11.9 Å². The number of hydrogen-bond donors (Lipinski definition) is 2. The van der Waals surface area contributed by atoms with Crippen molar-refractivity contribution in [1.82, 2.24) is 19.7 Å². The highest BCUT2D eigenvalue weighted by atomic mass is 16.4. The lowest BCUT2D eigenvalue weighted by molar-refractivity contribution is -0.138. The molecule has 0 saturated carbocycles. The van der Waals surface area contributed by atoms with Gasteiger partial charge in [-0.25, -0.2) is 9.97 Å². The Labute approximate surface area is 139 Å². The second-order valence-corrected chi connectivity index (χ2v) is 5.81. The van der Waals surface area contributed by atoms with Gasteiger partial charge in [0, 0.05) is 13.6 Å². The average molecular weight is 325 g/mol. The Balaban J connectivity index is 1.88. The molecule has 3 rings (SSSR count). The SMILES string of the molecule is Cc1ccc(C(CNc2nc(C)nc3c2cnn3C)C(=O)O)cc1. The largest absolute Gasteiger partial charge is 0.481 e. The fourth-order valence-electron chi connectivity index (χ4n) is 2.61. The maximum absolute atomic E-state index is 11.7. The zero-order chi connectivity index (χ0) is 17.3. The first-order valence-corrected chi connectivity index (χ1v) is 7.65. The first kappa shape index (κ1) is 15.9. The molecule has 1 atom stereocenters.